The van der Waals surface area contributed by atoms with E-state index in [0.29, 0.717) is 38.1 Å². The number of benzene rings is 3. The number of para-hydroxylation sites is 2. The summed E-state index contributed by atoms with van der Waals surface area (Å²) in [6.45, 7) is 0.388. The highest BCUT2D eigenvalue weighted by molar-refractivity contribution is 7.89. The Morgan fingerprint density at radius 2 is 1.71 bits per heavy atom. The van der Waals surface area contributed by atoms with Gasteiger partial charge >= 0.3 is 5.69 Å². The minimum Gasteiger partial charge on any atom is -0.497 e. The monoisotopic (exact) mass is 676 g/mol. The highest BCUT2D eigenvalue weighted by Gasteiger charge is 2.34. The summed E-state index contributed by atoms with van der Waals surface area (Å²) in [6.07, 6.45) is 2.69. The van der Waals surface area contributed by atoms with Crippen molar-refractivity contribution in [3.63, 3.8) is 0 Å². The molecule has 0 bridgehead atoms. The molecule has 3 aromatic carbocycles. The number of H-pyrrole nitrogens is 1. The van der Waals surface area contributed by atoms with Crippen LogP contribution in [0, 0.1) is 0 Å². The van der Waals surface area contributed by atoms with Crippen molar-refractivity contribution in [1.29, 1.82) is 0 Å². The minimum atomic E-state index is -3.92. The number of aromatic amines is 1. The first kappa shape index (κ1) is 33.5. The van der Waals surface area contributed by atoms with Crippen LogP contribution in [-0.4, -0.2) is 91.0 Å². The number of hydrogen-bond acceptors (Lipinski definition) is 8. The number of aromatic nitrogens is 2. The van der Waals surface area contributed by atoms with Crippen LogP contribution in [0.3, 0.4) is 0 Å². The second-order valence-electron chi connectivity index (χ2n) is 11.8. The molecule has 1 saturated heterocycles. The van der Waals surface area contributed by atoms with Crippen LogP contribution in [0.1, 0.15) is 36.8 Å². The molecule has 4 aromatic rings. The molecule has 0 saturated carbocycles. The first-order valence-corrected chi connectivity index (χ1v) is 17.5. The lowest BCUT2D eigenvalue weighted by Crippen LogP contribution is -2.43. The number of aliphatic hydroxyl groups is 1. The van der Waals surface area contributed by atoms with Gasteiger partial charge in [0, 0.05) is 44.6 Å². The SMILES string of the molecule is COc1ccc(S(=O)(=O)N(CCO)CCOC2CC(c3ccccc3)C=C(C(=O)N3CCC(n4c(=O)[nH]c5ccccc54)CC3)O2)cc1. The molecule has 48 heavy (non-hydrogen) atoms. The molecule has 13 heteroatoms. The van der Waals surface area contributed by atoms with Gasteiger partial charge in [-0.1, -0.05) is 42.5 Å². The van der Waals surface area contributed by atoms with Crippen LogP contribution in [0.5, 0.6) is 5.75 Å². The average Bonchev–Trinajstić information content (AvgIpc) is 3.46. The average molecular weight is 677 g/mol. The van der Waals surface area contributed by atoms with Crippen LogP contribution in [0.4, 0.5) is 0 Å². The minimum absolute atomic E-state index is 0.0200. The Balaban J connectivity index is 1.13. The zero-order valence-corrected chi connectivity index (χ0v) is 27.6. The molecular formula is C35H40N4O8S. The van der Waals surface area contributed by atoms with Gasteiger partial charge in [-0.25, -0.2) is 13.2 Å². The van der Waals surface area contributed by atoms with Gasteiger partial charge in [-0.05, 0) is 60.9 Å². The van der Waals surface area contributed by atoms with E-state index in [-0.39, 0.29) is 60.5 Å². The maximum atomic E-state index is 13.8. The standard InChI is InChI=1S/C35H40N4O8S/c1-45-28-11-13-29(14-12-28)48(43,44)38(19-21-40)20-22-46-33-24-26(25-7-3-2-4-8-25)23-32(47-33)34(41)37-17-15-27(16-18-37)39-31-10-6-5-9-30(31)36-35(39)42/h2-14,23,26-27,33,40H,15-22,24H2,1H3,(H,36,42). The maximum Gasteiger partial charge on any atom is 0.326 e. The second-order valence-corrected chi connectivity index (χ2v) is 13.8. The van der Waals surface area contributed by atoms with E-state index >= 15 is 0 Å². The van der Waals surface area contributed by atoms with E-state index in [2.05, 4.69) is 4.98 Å². The van der Waals surface area contributed by atoms with Gasteiger partial charge in [-0.15, -0.1) is 0 Å². The molecule has 254 valence electrons. The normalized spacial score (nSPS) is 18.9. The number of nitrogens with zero attached hydrogens (tertiary/aromatic N) is 3. The number of piperidine rings is 1. The van der Waals surface area contributed by atoms with Gasteiger partial charge in [-0.3, -0.25) is 9.36 Å². The first-order chi connectivity index (χ1) is 23.3. The highest BCUT2D eigenvalue weighted by atomic mass is 32.2. The first-order valence-electron chi connectivity index (χ1n) is 16.1. The number of likely N-dealkylation sites (tertiary alicyclic amines) is 1. The molecule has 6 rings (SSSR count). The highest BCUT2D eigenvalue weighted by Crippen LogP contribution is 2.33. The molecule has 2 atom stereocenters. The Labute approximate surface area is 279 Å². The number of imidazole rings is 1. The van der Waals surface area contributed by atoms with E-state index in [1.807, 2.05) is 60.7 Å². The van der Waals surface area contributed by atoms with Crippen molar-refractivity contribution in [3.05, 3.63) is 107 Å². The van der Waals surface area contributed by atoms with Gasteiger partial charge in [-0.2, -0.15) is 4.31 Å². The van der Waals surface area contributed by atoms with Crippen LogP contribution in [0.25, 0.3) is 11.0 Å². The second kappa shape index (κ2) is 14.8. The van der Waals surface area contributed by atoms with Crippen molar-refractivity contribution in [2.24, 2.45) is 0 Å². The molecule has 3 heterocycles. The zero-order valence-electron chi connectivity index (χ0n) is 26.7. The van der Waals surface area contributed by atoms with E-state index in [4.69, 9.17) is 14.2 Å². The number of hydrogen-bond donors (Lipinski definition) is 2. The summed E-state index contributed by atoms with van der Waals surface area (Å²) in [5.74, 6) is 0.294. The number of carbonyl (C=O) groups is 1. The smallest absolute Gasteiger partial charge is 0.326 e. The van der Waals surface area contributed by atoms with E-state index in [1.54, 1.807) is 21.6 Å². The summed E-state index contributed by atoms with van der Waals surface area (Å²) in [4.78, 5) is 31.3. The van der Waals surface area contributed by atoms with Crippen molar-refractivity contribution >= 4 is 27.0 Å². The number of methoxy groups -OCH3 is 1. The molecule has 1 fully saturated rings. The van der Waals surface area contributed by atoms with Crippen molar-refractivity contribution in [1.82, 2.24) is 18.8 Å². The number of ether oxygens (including phenoxy) is 3. The summed E-state index contributed by atoms with van der Waals surface area (Å²) in [5, 5.41) is 9.63. The number of amides is 1. The number of aliphatic hydroxyl groups excluding tert-OH is 1. The van der Waals surface area contributed by atoms with E-state index in [1.165, 1.54) is 19.2 Å². The number of sulfonamides is 1. The van der Waals surface area contributed by atoms with Crippen molar-refractivity contribution in [2.45, 2.75) is 42.4 Å². The summed E-state index contributed by atoms with van der Waals surface area (Å²) in [7, 11) is -2.42. The molecule has 2 unspecified atom stereocenters. The lowest BCUT2D eigenvalue weighted by molar-refractivity contribution is -0.153. The Bertz CT molecular complexity index is 1900. The number of allylic oxidation sites excluding steroid dienone is 1. The molecule has 2 aliphatic heterocycles. The largest absolute Gasteiger partial charge is 0.497 e. The molecule has 2 N–H and O–H groups in total. The quantitative estimate of drug-likeness (QED) is 0.232. The summed E-state index contributed by atoms with van der Waals surface area (Å²) < 4.78 is 47.0. The fourth-order valence-corrected chi connectivity index (χ4v) is 7.82. The van der Waals surface area contributed by atoms with Crippen LogP contribution in [0.15, 0.2) is 100 Å². The third kappa shape index (κ3) is 7.19. The molecule has 0 spiro atoms. The zero-order chi connectivity index (χ0) is 33.7. The number of nitrogens with one attached hydrogen (secondary N) is 1. The number of rotatable bonds is 12. The molecule has 12 nitrogen and oxygen atoms in total. The third-order valence-electron chi connectivity index (χ3n) is 8.93. The van der Waals surface area contributed by atoms with Crippen LogP contribution >= 0.6 is 0 Å². The number of carbonyl (C=O) groups excluding carboxylic acids is 1. The predicted octanol–water partition coefficient (Wildman–Crippen LogP) is 3.62. The topological polar surface area (TPSA) is 143 Å². The molecular weight excluding hydrogens is 636 g/mol. The molecule has 1 amide bonds. The summed E-state index contributed by atoms with van der Waals surface area (Å²) in [6, 6.07) is 23.4. The van der Waals surface area contributed by atoms with E-state index in [9.17, 15) is 23.1 Å². The lowest BCUT2D eigenvalue weighted by atomic mass is 9.92. The van der Waals surface area contributed by atoms with Crippen LogP contribution < -0.4 is 10.4 Å². The van der Waals surface area contributed by atoms with Crippen LogP contribution in [0.2, 0.25) is 0 Å². The predicted molar refractivity (Wildman–Crippen MR) is 179 cm³/mol. The Kier molecular flexibility index (Phi) is 10.3. The van der Waals surface area contributed by atoms with Gasteiger partial charge in [0.25, 0.3) is 5.91 Å². The summed E-state index contributed by atoms with van der Waals surface area (Å²) in [5.41, 5.74) is 2.49. The fourth-order valence-electron chi connectivity index (χ4n) is 6.41. The van der Waals surface area contributed by atoms with Crippen molar-refractivity contribution in [2.75, 3.05) is 46.5 Å². The molecule has 2 aliphatic rings. The van der Waals surface area contributed by atoms with Gasteiger partial charge in [0.1, 0.15) is 5.75 Å². The Morgan fingerprint density at radius 1 is 1.00 bits per heavy atom. The van der Waals surface area contributed by atoms with E-state index < -0.39 is 16.3 Å². The van der Waals surface area contributed by atoms with Crippen LogP contribution in [-0.2, 0) is 24.3 Å². The molecule has 0 radical (unpaired) electrons. The summed E-state index contributed by atoms with van der Waals surface area (Å²) >= 11 is 0. The van der Waals surface area contributed by atoms with Gasteiger partial charge in [0.15, 0.2) is 5.76 Å². The van der Waals surface area contributed by atoms with Gasteiger partial charge in [0.2, 0.25) is 16.3 Å². The lowest BCUT2D eigenvalue weighted by Gasteiger charge is -2.35. The molecule has 0 aliphatic carbocycles. The number of fused-ring (bicyclic) bond motifs is 1. The van der Waals surface area contributed by atoms with Crippen molar-refractivity contribution < 1.29 is 32.5 Å². The van der Waals surface area contributed by atoms with Gasteiger partial charge < -0.3 is 29.2 Å². The maximum absolute atomic E-state index is 13.8. The van der Waals surface area contributed by atoms with E-state index in [0.717, 1.165) is 20.9 Å². The van der Waals surface area contributed by atoms with Gasteiger partial charge in [0.05, 0.1) is 36.3 Å². The van der Waals surface area contributed by atoms with Crippen molar-refractivity contribution in [3.8, 4) is 5.75 Å². The Morgan fingerprint density at radius 3 is 2.42 bits per heavy atom. The molecule has 1 aromatic heterocycles. The Hall–Kier alpha value is -4.43. The fraction of sp³-hybridized carbons (Fsp3) is 0.371. The third-order valence-corrected chi connectivity index (χ3v) is 10.8.